The Morgan fingerprint density at radius 1 is 1.40 bits per heavy atom. The third-order valence-corrected chi connectivity index (χ3v) is 3.07. The number of hydrogen-bond donors (Lipinski definition) is 0. The van der Waals surface area contributed by atoms with Crippen LogP contribution in [0.25, 0.3) is 0 Å². The average Bonchev–Trinajstić information content (AvgIpc) is 2.63. The van der Waals surface area contributed by atoms with Crippen LogP contribution in [0, 0.1) is 5.82 Å². The zero-order chi connectivity index (χ0) is 10.7. The molecule has 0 saturated heterocycles. The van der Waals surface area contributed by atoms with Gasteiger partial charge in [-0.2, -0.15) is 0 Å². The van der Waals surface area contributed by atoms with Crippen LogP contribution in [0.4, 0.5) is 4.39 Å². The number of aromatic nitrogens is 3. The summed E-state index contributed by atoms with van der Waals surface area (Å²) >= 11 is 1.47. The number of thioether (sulfide) groups is 1. The molecule has 0 aliphatic rings. The largest absolute Gasteiger partial charge is 0.312 e. The summed E-state index contributed by atoms with van der Waals surface area (Å²) in [4.78, 5) is 0. The number of rotatable bonds is 3. The number of nitrogens with zero attached hydrogens (tertiary/aromatic N) is 3. The first kappa shape index (κ1) is 10.2. The first-order chi connectivity index (χ1) is 7.27. The Morgan fingerprint density at radius 2 is 2.20 bits per heavy atom. The van der Waals surface area contributed by atoms with Crippen LogP contribution < -0.4 is 0 Å². The molecule has 0 bridgehead atoms. The fraction of sp³-hybridized carbons (Fsp3) is 0.200. The summed E-state index contributed by atoms with van der Waals surface area (Å²) in [6.45, 7) is 0. The first-order valence-corrected chi connectivity index (χ1v) is 5.46. The molecule has 15 heavy (non-hydrogen) atoms. The Hall–Kier alpha value is -1.36. The van der Waals surface area contributed by atoms with Gasteiger partial charge < -0.3 is 4.57 Å². The fourth-order valence-corrected chi connectivity index (χ4v) is 2.04. The molecular weight excluding hydrogens is 213 g/mol. The van der Waals surface area contributed by atoms with Crippen LogP contribution in [-0.2, 0) is 12.8 Å². The maximum Gasteiger partial charge on any atom is 0.191 e. The number of halogens is 1. The van der Waals surface area contributed by atoms with Crippen molar-refractivity contribution in [2.75, 3.05) is 0 Å². The molecule has 0 N–H and O–H groups in total. The number of hydrogen-bond acceptors (Lipinski definition) is 3. The molecule has 0 aliphatic carbocycles. The van der Waals surface area contributed by atoms with Gasteiger partial charge in [-0.25, -0.2) is 4.39 Å². The lowest BCUT2D eigenvalue weighted by Gasteiger charge is -2.01. The molecular formula is C10H10FN3S. The minimum absolute atomic E-state index is 0.174. The molecule has 0 spiro atoms. The van der Waals surface area contributed by atoms with Gasteiger partial charge in [-0.1, -0.05) is 30.0 Å². The van der Waals surface area contributed by atoms with Gasteiger partial charge in [0.05, 0.1) is 0 Å². The highest BCUT2D eigenvalue weighted by Gasteiger charge is 2.04. The third-order valence-electron chi connectivity index (χ3n) is 1.98. The van der Waals surface area contributed by atoms with Crippen molar-refractivity contribution >= 4 is 11.8 Å². The van der Waals surface area contributed by atoms with E-state index in [2.05, 4.69) is 10.2 Å². The van der Waals surface area contributed by atoms with Crippen LogP contribution in [0.3, 0.4) is 0 Å². The van der Waals surface area contributed by atoms with Gasteiger partial charge in [0.25, 0.3) is 0 Å². The third kappa shape index (κ3) is 2.36. The van der Waals surface area contributed by atoms with Gasteiger partial charge in [-0.05, 0) is 11.6 Å². The Kier molecular flexibility index (Phi) is 3.01. The maximum absolute atomic E-state index is 13.3. The van der Waals surface area contributed by atoms with Gasteiger partial charge in [-0.3, -0.25) is 0 Å². The second kappa shape index (κ2) is 4.44. The van der Waals surface area contributed by atoms with Crippen molar-refractivity contribution in [1.82, 2.24) is 14.8 Å². The summed E-state index contributed by atoms with van der Waals surface area (Å²) in [5.41, 5.74) is 0.686. The highest BCUT2D eigenvalue weighted by molar-refractivity contribution is 7.98. The van der Waals surface area contributed by atoms with E-state index in [0.717, 1.165) is 5.16 Å². The lowest BCUT2D eigenvalue weighted by Crippen LogP contribution is -1.91. The van der Waals surface area contributed by atoms with E-state index >= 15 is 0 Å². The molecule has 0 amide bonds. The summed E-state index contributed by atoms with van der Waals surface area (Å²) in [6, 6.07) is 6.76. The van der Waals surface area contributed by atoms with E-state index in [9.17, 15) is 4.39 Å². The van der Waals surface area contributed by atoms with E-state index in [-0.39, 0.29) is 5.82 Å². The molecule has 1 aromatic heterocycles. The van der Waals surface area contributed by atoms with Gasteiger partial charge in [0.15, 0.2) is 5.16 Å². The van der Waals surface area contributed by atoms with Gasteiger partial charge in [0, 0.05) is 12.8 Å². The highest BCUT2D eigenvalue weighted by atomic mass is 32.2. The molecule has 2 rings (SSSR count). The topological polar surface area (TPSA) is 30.7 Å². The molecule has 0 radical (unpaired) electrons. The second-order valence-corrected chi connectivity index (χ2v) is 4.05. The van der Waals surface area contributed by atoms with Gasteiger partial charge >= 0.3 is 0 Å². The summed E-state index contributed by atoms with van der Waals surface area (Å²) in [7, 11) is 1.86. The van der Waals surface area contributed by atoms with Crippen molar-refractivity contribution in [3.8, 4) is 0 Å². The van der Waals surface area contributed by atoms with Crippen molar-refractivity contribution in [2.24, 2.45) is 7.05 Å². The van der Waals surface area contributed by atoms with E-state index in [1.165, 1.54) is 17.8 Å². The normalized spacial score (nSPS) is 10.5. The zero-order valence-corrected chi connectivity index (χ0v) is 9.04. The molecule has 3 nitrogen and oxygen atoms in total. The molecule has 0 unspecified atom stereocenters. The van der Waals surface area contributed by atoms with E-state index in [4.69, 9.17) is 0 Å². The van der Waals surface area contributed by atoms with Crippen molar-refractivity contribution in [1.29, 1.82) is 0 Å². The summed E-state index contributed by atoms with van der Waals surface area (Å²) < 4.78 is 15.1. The minimum Gasteiger partial charge on any atom is -0.312 e. The number of benzene rings is 1. The second-order valence-electron chi connectivity index (χ2n) is 3.10. The van der Waals surface area contributed by atoms with E-state index in [0.29, 0.717) is 11.3 Å². The molecule has 1 aromatic carbocycles. The average molecular weight is 223 g/mol. The monoisotopic (exact) mass is 223 g/mol. The lowest BCUT2D eigenvalue weighted by atomic mass is 10.2. The zero-order valence-electron chi connectivity index (χ0n) is 8.22. The smallest absolute Gasteiger partial charge is 0.191 e. The van der Waals surface area contributed by atoms with Crippen LogP contribution in [0.15, 0.2) is 35.7 Å². The van der Waals surface area contributed by atoms with Crippen LogP contribution in [0.2, 0.25) is 0 Å². The van der Waals surface area contributed by atoms with E-state index in [1.54, 1.807) is 18.5 Å². The van der Waals surface area contributed by atoms with Crippen molar-refractivity contribution in [3.63, 3.8) is 0 Å². The SMILES string of the molecule is Cn1cnnc1SCc1ccccc1F. The predicted molar refractivity (Wildman–Crippen MR) is 57.0 cm³/mol. The number of aryl methyl sites for hydroxylation is 1. The quantitative estimate of drug-likeness (QED) is 0.748. The lowest BCUT2D eigenvalue weighted by molar-refractivity contribution is 0.617. The molecule has 5 heteroatoms. The summed E-state index contributed by atoms with van der Waals surface area (Å²) in [6.07, 6.45) is 1.63. The Labute approximate surface area is 91.3 Å². The summed E-state index contributed by atoms with van der Waals surface area (Å²) in [5.74, 6) is 0.395. The van der Waals surface area contributed by atoms with E-state index in [1.807, 2.05) is 17.7 Å². The van der Waals surface area contributed by atoms with Crippen molar-refractivity contribution < 1.29 is 4.39 Å². The maximum atomic E-state index is 13.3. The summed E-state index contributed by atoms with van der Waals surface area (Å²) in [5, 5.41) is 8.46. The molecule has 0 atom stereocenters. The van der Waals surface area contributed by atoms with Crippen LogP contribution in [0.1, 0.15) is 5.56 Å². The Balaban J connectivity index is 2.06. The fourth-order valence-electron chi connectivity index (χ4n) is 1.16. The Morgan fingerprint density at radius 3 is 2.87 bits per heavy atom. The van der Waals surface area contributed by atoms with Gasteiger partial charge in [-0.15, -0.1) is 10.2 Å². The first-order valence-electron chi connectivity index (χ1n) is 4.47. The molecule has 0 aliphatic heterocycles. The molecule has 0 fully saturated rings. The molecule has 0 saturated carbocycles. The molecule has 1 heterocycles. The standard InChI is InChI=1S/C10H10FN3S/c1-14-7-12-13-10(14)15-6-8-4-2-3-5-9(8)11/h2-5,7H,6H2,1H3. The van der Waals surface area contributed by atoms with E-state index < -0.39 is 0 Å². The Bertz CT molecular complexity index is 455. The molecule has 78 valence electrons. The van der Waals surface area contributed by atoms with Crippen LogP contribution in [0.5, 0.6) is 0 Å². The van der Waals surface area contributed by atoms with Crippen molar-refractivity contribution in [2.45, 2.75) is 10.9 Å². The van der Waals surface area contributed by atoms with Gasteiger partial charge in [0.2, 0.25) is 0 Å². The highest BCUT2D eigenvalue weighted by Crippen LogP contribution is 2.21. The predicted octanol–water partition coefficient (Wildman–Crippen LogP) is 2.25. The van der Waals surface area contributed by atoms with Crippen LogP contribution >= 0.6 is 11.8 Å². The van der Waals surface area contributed by atoms with Gasteiger partial charge in [0.1, 0.15) is 12.1 Å². The van der Waals surface area contributed by atoms with Crippen LogP contribution in [-0.4, -0.2) is 14.8 Å². The van der Waals surface area contributed by atoms with Crippen molar-refractivity contribution in [3.05, 3.63) is 42.0 Å². The molecule has 2 aromatic rings. The minimum atomic E-state index is -0.174.